The number of hydrogen-bond donors (Lipinski definition) is 2. The van der Waals surface area contributed by atoms with Crippen molar-refractivity contribution >= 4 is 55.4 Å². The quantitative estimate of drug-likeness (QED) is 0.613. The number of anilines is 1. The Balaban J connectivity index is 2.03. The number of halogens is 2. The largest absolute Gasteiger partial charge is 0.325 e. The second kappa shape index (κ2) is 7.86. The van der Waals surface area contributed by atoms with E-state index in [9.17, 15) is 14.4 Å². The first-order chi connectivity index (χ1) is 11.6. The number of hydrogen-bond acceptors (Lipinski definition) is 3. The van der Waals surface area contributed by atoms with Gasteiger partial charge < -0.3 is 10.6 Å². The molecule has 0 aliphatic carbocycles. The van der Waals surface area contributed by atoms with Gasteiger partial charge in [0, 0.05) is 8.95 Å². The highest BCUT2D eigenvalue weighted by Crippen LogP contribution is 2.27. The van der Waals surface area contributed by atoms with Gasteiger partial charge in [0.15, 0.2) is 0 Å². The minimum atomic E-state index is -0.945. The molecule has 1 aliphatic rings. The van der Waals surface area contributed by atoms with Crippen molar-refractivity contribution in [3.05, 3.63) is 27.1 Å². The Bertz CT molecular complexity index is 708. The Labute approximate surface area is 164 Å². The highest BCUT2D eigenvalue weighted by atomic mass is 79.9. The lowest BCUT2D eigenvalue weighted by atomic mass is 9.92. The normalized spacial score (nSPS) is 20.2. The summed E-state index contributed by atoms with van der Waals surface area (Å²) in [5, 5.41) is 5.42. The van der Waals surface area contributed by atoms with Gasteiger partial charge >= 0.3 is 6.03 Å². The first kappa shape index (κ1) is 19.9. The number of nitrogens with zero attached hydrogens (tertiary/aromatic N) is 1. The summed E-state index contributed by atoms with van der Waals surface area (Å²) < 4.78 is 1.57. The maximum atomic E-state index is 12.6. The first-order valence-electron chi connectivity index (χ1n) is 8.01. The summed E-state index contributed by atoms with van der Waals surface area (Å²) in [5.41, 5.74) is -0.373. The molecule has 136 valence electrons. The van der Waals surface area contributed by atoms with Crippen molar-refractivity contribution in [2.24, 2.45) is 5.92 Å². The van der Waals surface area contributed by atoms with Crippen LogP contribution in [0.3, 0.4) is 0 Å². The maximum absolute atomic E-state index is 12.6. The lowest BCUT2D eigenvalue weighted by Crippen LogP contribution is -2.44. The molecule has 0 radical (unpaired) electrons. The van der Waals surface area contributed by atoms with E-state index in [4.69, 9.17) is 0 Å². The van der Waals surface area contributed by atoms with E-state index in [1.54, 1.807) is 25.1 Å². The number of urea groups is 1. The lowest BCUT2D eigenvalue weighted by Gasteiger charge is -2.22. The van der Waals surface area contributed by atoms with E-state index >= 15 is 0 Å². The lowest BCUT2D eigenvalue weighted by molar-refractivity contribution is -0.133. The van der Waals surface area contributed by atoms with Crippen LogP contribution in [-0.4, -0.2) is 34.8 Å². The average Bonchev–Trinajstić information content (AvgIpc) is 2.72. The van der Waals surface area contributed by atoms with Crippen LogP contribution in [-0.2, 0) is 9.59 Å². The molecule has 2 N–H and O–H groups in total. The van der Waals surface area contributed by atoms with E-state index in [1.807, 2.05) is 0 Å². The molecule has 0 spiro atoms. The second-order valence-electron chi connectivity index (χ2n) is 6.76. The number of carbonyl (C=O) groups is 3. The summed E-state index contributed by atoms with van der Waals surface area (Å²) in [6, 6.07) is 4.79. The van der Waals surface area contributed by atoms with Gasteiger partial charge in [-0.1, -0.05) is 29.8 Å². The van der Waals surface area contributed by atoms with E-state index in [-0.39, 0.29) is 12.5 Å². The number of rotatable bonds is 6. The van der Waals surface area contributed by atoms with Gasteiger partial charge in [-0.2, -0.15) is 0 Å². The van der Waals surface area contributed by atoms with Crippen molar-refractivity contribution in [3.63, 3.8) is 0 Å². The molecule has 2 rings (SSSR count). The maximum Gasteiger partial charge on any atom is 0.325 e. The second-order valence-corrected chi connectivity index (χ2v) is 8.53. The number of carbonyl (C=O) groups excluding carboxylic acids is 3. The van der Waals surface area contributed by atoms with Crippen LogP contribution in [0.1, 0.15) is 33.6 Å². The average molecular weight is 475 g/mol. The third kappa shape index (κ3) is 4.82. The highest BCUT2D eigenvalue weighted by molar-refractivity contribution is 9.11. The van der Waals surface area contributed by atoms with Gasteiger partial charge in [0.1, 0.15) is 12.1 Å². The SMILES string of the molecule is CC(C)CCC1(C)NC(=O)N(CC(=O)Nc2ccc(Br)cc2Br)C1=O. The van der Waals surface area contributed by atoms with Crippen molar-refractivity contribution in [1.82, 2.24) is 10.2 Å². The minimum absolute atomic E-state index is 0.315. The Morgan fingerprint density at radius 1 is 1.32 bits per heavy atom. The Morgan fingerprint density at radius 3 is 2.60 bits per heavy atom. The molecular weight excluding hydrogens is 454 g/mol. The molecule has 1 heterocycles. The van der Waals surface area contributed by atoms with Crippen LogP contribution < -0.4 is 10.6 Å². The van der Waals surface area contributed by atoms with Crippen LogP contribution in [0.5, 0.6) is 0 Å². The van der Waals surface area contributed by atoms with Crippen LogP contribution in [0.15, 0.2) is 27.1 Å². The zero-order valence-corrected chi connectivity index (χ0v) is 17.5. The summed E-state index contributed by atoms with van der Waals surface area (Å²) in [6.07, 6.45) is 1.36. The predicted octanol–water partition coefficient (Wildman–Crippen LogP) is 3.90. The number of amides is 4. The Kier molecular flexibility index (Phi) is 6.26. The number of nitrogens with one attached hydrogen (secondary N) is 2. The number of imide groups is 1. The minimum Gasteiger partial charge on any atom is -0.323 e. The van der Waals surface area contributed by atoms with Crippen LogP contribution >= 0.6 is 31.9 Å². The van der Waals surface area contributed by atoms with Crippen LogP contribution in [0, 0.1) is 5.92 Å². The van der Waals surface area contributed by atoms with Gasteiger partial charge in [-0.05, 0) is 59.8 Å². The molecule has 1 aliphatic heterocycles. The third-order valence-corrected chi connectivity index (χ3v) is 5.22. The molecular formula is C17H21Br2N3O3. The fourth-order valence-corrected chi connectivity index (χ4v) is 3.71. The summed E-state index contributed by atoms with van der Waals surface area (Å²) in [5.74, 6) is -0.364. The molecule has 0 bridgehead atoms. The Hall–Kier alpha value is -1.41. The molecule has 6 nitrogen and oxygen atoms in total. The molecule has 1 fully saturated rings. The fraction of sp³-hybridized carbons (Fsp3) is 0.471. The van der Waals surface area contributed by atoms with E-state index in [0.717, 1.165) is 15.8 Å². The molecule has 1 atom stereocenters. The first-order valence-corrected chi connectivity index (χ1v) is 9.60. The standard InChI is InChI=1S/C17H21Br2N3O3/c1-10(2)6-7-17(3)15(24)22(16(25)21-17)9-14(23)20-13-5-4-11(18)8-12(13)19/h4-5,8,10H,6-7,9H2,1-3H3,(H,20,23)(H,21,25). The van der Waals surface area contributed by atoms with Crippen LogP contribution in [0.4, 0.5) is 10.5 Å². The number of benzene rings is 1. The van der Waals surface area contributed by atoms with Crippen molar-refractivity contribution < 1.29 is 14.4 Å². The fourth-order valence-electron chi connectivity index (χ4n) is 2.56. The molecule has 1 aromatic rings. The molecule has 1 unspecified atom stereocenters. The van der Waals surface area contributed by atoms with Crippen molar-refractivity contribution in [2.75, 3.05) is 11.9 Å². The summed E-state index contributed by atoms with van der Waals surface area (Å²) in [4.78, 5) is 38.0. The monoisotopic (exact) mass is 473 g/mol. The van der Waals surface area contributed by atoms with Gasteiger partial charge in [0.25, 0.3) is 5.91 Å². The molecule has 25 heavy (non-hydrogen) atoms. The van der Waals surface area contributed by atoms with Gasteiger partial charge in [-0.15, -0.1) is 0 Å². The van der Waals surface area contributed by atoms with Crippen molar-refractivity contribution in [3.8, 4) is 0 Å². The predicted molar refractivity (Wildman–Crippen MR) is 103 cm³/mol. The van der Waals surface area contributed by atoms with E-state index in [2.05, 4.69) is 56.3 Å². The van der Waals surface area contributed by atoms with Gasteiger partial charge in [0.05, 0.1) is 5.69 Å². The van der Waals surface area contributed by atoms with Gasteiger partial charge in [-0.25, -0.2) is 4.79 Å². The van der Waals surface area contributed by atoms with E-state index in [0.29, 0.717) is 22.5 Å². The molecule has 4 amide bonds. The van der Waals surface area contributed by atoms with Gasteiger partial charge in [0.2, 0.25) is 5.91 Å². The molecule has 1 saturated heterocycles. The van der Waals surface area contributed by atoms with Crippen LogP contribution in [0.2, 0.25) is 0 Å². The zero-order valence-electron chi connectivity index (χ0n) is 14.4. The smallest absolute Gasteiger partial charge is 0.323 e. The molecule has 0 aromatic heterocycles. The summed E-state index contributed by atoms with van der Waals surface area (Å²) in [6.45, 7) is 5.51. The topological polar surface area (TPSA) is 78.5 Å². The highest BCUT2D eigenvalue weighted by Gasteiger charge is 2.47. The summed E-state index contributed by atoms with van der Waals surface area (Å²) in [7, 11) is 0. The zero-order chi connectivity index (χ0) is 18.8. The van der Waals surface area contributed by atoms with E-state index < -0.39 is 17.5 Å². The summed E-state index contributed by atoms with van der Waals surface area (Å²) >= 11 is 6.70. The van der Waals surface area contributed by atoms with Gasteiger partial charge in [-0.3, -0.25) is 14.5 Å². The van der Waals surface area contributed by atoms with E-state index in [1.165, 1.54) is 0 Å². The Morgan fingerprint density at radius 2 is 2.00 bits per heavy atom. The molecule has 1 aromatic carbocycles. The van der Waals surface area contributed by atoms with Crippen LogP contribution in [0.25, 0.3) is 0 Å². The third-order valence-electron chi connectivity index (χ3n) is 4.07. The molecule has 0 saturated carbocycles. The molecule has 8 heteroatoms. The van der Waals surface area contributed by atoms with Crippen molar-refractivity contribution in [1.29, 1.82) is 0 Å². The van der Waals surface area contributed by atoms with Crippen molar-refractivity contribution in [2.45, 2.75) is 39.2 Å².